The molecule has 1 aromatic carbocycles. The molecule has 0 saturated heterocycles. The van der Waals surface area contributed by atoms with Crippen molar-refractivity contribution in [2.75, 3.05) is 5.32 Å². The largest absolute Gasteiger partial charge is 0.455 e. The lowest BCUT2D eigenvalue weighted by Gasteiger charge is -2.10. The summed E-state index contributed by atoms with van der Waals surface area (Å²) in [6.07, 6.45) is 1.03. The summed E-state index contributed by atoms with van der Waals surface area (Å²) >= 11 is 0. The van der Waals surface area contributed by atoms with Crippen LogP contribution in [0, 0.1) is 5.82 Å². The summed E-state index contributed by atoms with van der Waals surface area (Å²) in [4.78, 5) is 22.5. The fourth-order valence-electron chi connectivity index (χ4n) is 1.22. The maximum atomic E-state index is 13.3. The van der Waals surface area contributed by atoms with Gasteiger partial charge in [-0.3, -0.25) is 4.79 Å². The zero-order chi connectivity index (χ0) is 13.7. The Labute approximate surface area is 104 Å². The van der Waals surface area contributed by atoms with E-state index in [1.807, 2.05) is 0 Å². The molecule has 0 aromatic heterocycles. The lowest BCUT2D eigenvalue weighted by Crippen LogP contribution is -2.14. The molecular weight excluding hydrogens is 237 g/mol. The second kappa shape index (κ2) is 5.95. The molecule has 1 rings (SSSR count). The van der Waals surface area contributed by atoms with Crippen LogP contribution in [0.25, 0.3) is 0 Å². The van der Waals surface area contributed by atoms with E-state index in [9.17, 15) is 14.0 Å². The summed E-state index contributed by atoms with van der Waals surface area (Å²) in [5.41, 5.74) is 0.108. The number of esters is 1. The van der Waals surface area contributed by atoms with Crippen molar-refractivity contribution in [3.63, 3.8) is 0 Å². The fourth-order valence-corrected chi connectivity index (χ4v) is 1.22. The van der Waals surface area contributed by atoms with E-state index in [-0.39, 0.29) is 11.3 Å². The van der Waals surface area contributed by atoms with Crippen LogP contribution in [0.5, 0.6) is 0 Å². The Kier molecular flexibility index (Phi) is 4.59. The molecule has 1 N–H and O–H groups in total. The van der Waals surface area contributed by atoms with E-state index in [0.717, 1.165) is 6.07 Å². The molecule has 0 aliphatic carbocycles. The third-order valence-corrected chi connectivity index (χ3v) is 2.14. The molecule has 18 heavy (non-hydrogen) atoms. The number of nitrogens with one attached hydrogen (secondary N) is 1. The first-order chi connectivity index (χ1) is 8.43. The molecule has 96 valence electrons. The molecule has 5 heteroatoms. The highest BCUT2D eigenvalue weighted by Gasteiger charge is 2.13. The van der Waals surface area contributed by atoms with Gasteiger partial charge in [0.1, 0.15) is 11.9 Å². The Bertz CT molecular complexity index is 485. The summed E-state index contributed by atoms with van der Waals surface area (Å²) in [6, 6.07) is 3.62. The van der Waals surface area contributed by atoms with Gasteiger partial charge in [-0.1, -0.05) is 12.7 Å². The minimum absolute atomic E-state index is 0.0526. The van der Waals surface area contributed by atoms with Gasteiger partial charge in [-0.25, -0.2) is 9.18 Å². The molecule has 0 radical (unpaired) electrons. The van der Waals surface area contributed by atoms with E-state index in [2.05, 4.69) is 11.9 Å². The number of ether oxygens (including phenoxy) is 1. The van der Waals surface area contributed by atoms with Gasteiger partial charge in [0.05, 0.1) is 11.3 Å². The van der Waals surface area contributed by atoms with Crippen LogP contribution < -0.4 is 5.32 Å². The lowest BCUT2D eigenvalue weighted by atomic mass is 10.2. The van der Waals surface area contributed by atoms with Gasteiger partial charge >= 0.3 is 5.97 Å². The molecular formula is C13H14FNO3. The first kappa shape index (κ1) is 13.9. The number of hydrogen-bond acceptors (Lipinski definition) is 3. The molecule has 1 amide bonds. The van der Waals surface area contributed by atoms with Gasteiger partial charge in [-0.15, -0.1) is 0 Å². The third-order valence-electron chi connectivity index (χ3n) is 2.14. The van der Waals surface area contributed by atoms with Gasteiger partial charge in [-0.05, 0) is 25.1 Å². The van der Waals surface area contributed by atoms with Gasteiger partial charge in [-0.2, -0.15) is 0 Å². The molecule has 1 unspecified atom stereocenters. The van der Waals surface area contributed by atoms with Crippen molar-refractivity contribution in [1.82, 2.24) is 0 Å². The number of carbonyl (C=O) groups excluding carboxylic acids is 2. The Morgan fingerprint density at radius 1 is 1.50 bits per heavy atom. The summed E-state index contributed by atoms with van der Waals surface area (Å²) in [7, 11) is 0. The van der Waals surface area contributed by atoms with Crippen LogP contribution in [0.1, 0.15) is 24.2 Å². The number of halogens is 1. The average molecular weight is 251 g/mol. The van der Waals surface area contributed by atoms with E-state index >= 15 is 0 Å². The van der Waals surface area contributed by atoms with E-state index in [0.29, 0.717) is 0 Å². The van der Waals surface area contributed by atoms with Gasteiger partial charge < -0.3 is 10.1 Å². The van der Waals surface area contributed by atoms with Crippen molar-refractivity contribution in [3.8, 4) is 0 Å². The minimum Gasteiger partial charge on any atom is -0.455 e. The number of amides is 1. The van der Waals surface area contributed by atoms with Crippen molar-refractivity contribution in [3.05, 3.63) is 42.2 Å². The third kappa shape index (κ3) is 3.69. The number of carbonyl (C=O) groups is 2. The van der Waals surface area contributed by atoms with Gasteiger partial charge in [0.15, 0.2) is 0 Å². The van der Waals surface area contributed by atoms with Crippen LogP contribution in [0.15, 0.2) is 30.9 Å². The lowest BCUT2D eigenvalue weighted by molar-refractivity contribution is -0.114. The van der Waals surface area contributed by atoms with E-state index in [4.69, 9.17) is 4.74 Å². The Morgan fingerprint density at radius 3 is 2.72 bits per heavy atom. The highest BCUT2D eigenvalue weighted by Crippen LogP contribution is 2.17. The van der Waals surface area contributed by atoms with Gasteiger partial charge in [0, 0.05) is 6.92 Å². The Morgan fingerprint density at radius 2 is 2.17 bits per heavy atom. The smallest absolute Gasteiger partial charge is 0.338 e. The summed E-state index contributed by atoms with van der Waals surface area (Å²) in [5.74, 6) is -1.63. The van der Waals surface area contributed by atoms with Crippen LogP contribution in [0.3, 0.4) is 0 Å². The second-order valence-corrected chi connectivity index (χ2v) is 3.72. The van der Waals surface area contributed by atoms with Crippen molar-refractivity contribution in [1.29, 1.82) is 0 Å². The van der Waals surface area contributed by atoms with Crippen LogP contribution in [0.2, 0.25) is 0 Å². The SMILES string of the molecule is C=CC(C)OC(=O)c1ccc(F)c(NC(C)=O)c1. The highest BCUT2D eigenvalue weighted by atomic mass is 19.1. The summed E-state index contributed by atoms with van der Waals surface area (Å²) in [5, 5.41) is 2.29. The van der Waals surface area contributed by atoms with Gasteiger partial charge in [0.2, 0.25) is 5.91 Å². The van der Waals surface area contributed by atoms with Crippen LogP contribution >= 0.6 is 0 Å². The number of anilines is 1. The molecule has 1 aromatic rings. The topological polar surface area (TPSA) is 55.4 Å². The molecule has 0 saturated carbocycles. The maximum Gasteiger partial charge on any atom is 0.338 e. The molecule has 0 spiro atoms. The average Bonchev–Trinajstić information content (AvgIpc) is 2.31. The molecule has 0 aliphatic rings. The molecule has 0 bridgehead atoms. The Balaban J connectivity index is 2.93. The predicted molar refractivity (Wildman–Crippen MR) is 65.8 cm³/mol. The first-order valence-corrected chi connectivity index (χ1v) is 5.34. The Hall–Kier alpha value is -2.17. The molecule has 4 nitrogen and oxygen atoms in total. The number of benzene rings is 1. The second-order valence-electron chi connectivity index (χ2n) is 3.72. The van der Waals surface area contributed by atoms with Crippen molar-refractivity contribution >= 4 is 17.6 Å². The molecule has 0 fully saturated rings. The summed E-state index contributed by atoms with van der Waals surface area (Å²) < 4.78 is 18.3. The summed E-state index contributed by atoms with van der Waals surface area (Å²) in [6.45, 7) is 6.39. The quantitative estimate of drug-likeness (QED) is 0.660. The van der Waals surface area contributed by atoms with E-state index in [1.165, 1.54) is 25.1 Å². The van der Waals surface area contributed by atoms with Crippen LogP contribution in [0.4, 0.5) is 10.1 Å². The standard InChI is InChI=1S/C13H14FNO3/c1-4-8(2)18-13(17)10-5-6-11(14)12(7-10)15-9(3)16/h4-8H,1H2,2-3H3,(H,15,16). The number of hydrogen-bond donors (Lipinski definition) is 1. The highest BCUT2D eigenvalue weighted by molar-refractivity contribution is 5.93. The van der Waals surface area contributed by atoms with E-state index in [1.54, 1.807) is 6.92 Å². The zero-order valence-corrected chi connectivity index (χ0v) is 10.2. The monoisotopic (exact) mass is 251 g/mol. The minimum atomic E-state index is -0.612. The molecule has 0 aliphatic heterocycles. The van der Waals surface area contributed by atoms with Crippen LogP contribution in [-0.2, 0) is 9.53 Å². The van der Waals surface area contributed by atoms with Crippen molar-refractivity contribution in [2.45, 2.75) is 20.0 Å². The molecule has 0 heterocycles. The molecule has 1 atom stereocenters. The van der Waals surface area contributed by atoms with Crippen molar-refractivity contribution in [2.24, 2.45) is 0 Å². The maximum absolute atomic E-state index is 13.3. The number of rotatable bonds is 4. The van der Waals surface area contributed by atoms with Gasteiger partial charge in [0.25, 0.3) is 0 Å². The first-order valence-electron chi connectivity index (χ1n) is 5.34. The zero-order valence-electron chi connectivity index (χ0n) is 10.2. The van der Waals surface area contributed by atoms with Crippen LogP contribution in [-0.4, -0.2) is 18.0 Å². The fraction of sp³-hybridized carbons (Fsp3) is 0.231. The van der Waals surface area contributed by atoms with Crippen molar-refractivity contribution < 1.29 is 18.7 Å². The van der Waals surface area contributed by atoms with E-state index < -0.39 is 23.8 Å². The normalized spacial score (nSPS) is 11.5. The predicted octanol–water partition coefficient (Wildman–Crippen LogP) is 2.52.